The number of furan rings is 2. The fraction of sp³-hybridized carbons (Fsp3) is 0.0185. The number of hydrogen-bond donors (Lipinski definition) is 0. The van der Waals surface area contributed by atoms with Crippen molar-refractivity contribution < 1.29 is 8.83 Å². The van der Waals surface area contributed by atoms with Gasteiger partial charge in [-0.15, -0.1) is 0 Å². The van der Waals surface area contributed by atoms with E-state index >= 15 is 0 Å². The van der Waals surface area contributed by atoms with Crippen LogP contribution < -0.4 is 0 Å². The molecule has 0 aliphatic carbocycles. The Hall–Kier alpha value is -7.89. The molecule has 278 valence electrons. The molecule has 0 atom stereocenters. The summed E-state index contributed by atoms with van der Waals surface area (Å²) < 4.78 is 12.9. The number of hydrogen-bond acceptors (Lipinski definition) is 5. The van der Waals surface area contributed by atoms with Gasteiger partial charge in [-0.25, -0.2) is 15.0 Å². The van der Waals surface area contributed by atoms with Gasteiger partial charge in [-0.3, -0.25) is 0 Å². The van der Waals surface area contributed by atoms with E-state index in [-0.39, 0.29) is 0 Å². The summed E-state index contributed by atoms with van der Waals surface area (Å²) in [7, 11) is 0. The minimum absolute atomic E-state index is 0.555. The number of aromatic nitrogens is 3. The standard InChI is InChI=1S/C54H35N3O2/c1-2-35(22-21-34-13-5-3-6-14-34)52-55-53(38-25-23-37(24-26-38)36-15-7-4-8-16-36)57-54(56-52)51-42(28-30-48-50(51)43-19-11-12-20-46(43)58-48)41-27-29-47-44(32-41)45-31-39-17-9-10-18-40(39)33-49(45)59-47/h2-33H,1H3/b22-21-,35-2+. The second-order valence-corrected chi connectivity index (χ2v) is 14.7. The van der Waals surface area contributed by atoms with Gasteiger partial charge >= 0.3 is 0 Å². The Kier molecular flexibility index (Phi) is 8.30. The largest absolute Gasteiger partial charge is 0.456 e. The van der Waals surface area contributed by atoms with Crippen LogP contribution in [-0.2, 0) is 0 Å². The Labute approximate surface area is 340 Å². The fourth-order valence-electron chi connectivity index (χ4n) is 8.16. The van der Waals surface area contributed by atoms with E-state index in [0.717, 1.165) is 93.8 Å². The summed E-state index contributed by atoms with van der Waals surface area (Å²) in [5, 5.41) is 6.38. The molecule has 0 unspecified atom stereocenters. The SMILES string of the molecule is C/C=C(\C=C/c1ccccc1)c1nc(-c2ccc(-c3ccccc3)cc2)nc(-c2c(-c3ccc4oc5cc6ccccc6cc5c4c3)ccc3oc4ccccc4c23)n1. The van der Waals surface area contributed by atoms with Crippen molar-refractivity contribution in [1.29, 1.82) is 0 Å². The first kappa shape index (κ1) is 34.4. The van der Waals surface area contributed by atoms with Crippen LogP contribution in [0, 0.1) is 0 Å². The van der Waals surface area contributed by atoms with Gasteiger partial charge in [0.1, 0.15) is 22.3 Å². The Bertz CT molecular complexity index is 3430. The molecule has 0 saturated heterocycles. The summed E-state index contributed by atoms with van der Waals surface area (Å²) in [5.41, 5.74) is 11.3. The van der Waals surface area contributed by atoms with Crippen molar-refractivity contribution in [2.75, 3.05) is 0 Å². The summed E-state index contributed by atoms with van der Waals surface area (Å²) in [6, 6.07) is 60.6. The molecule has 5 heteroatoms. The first-order chi connectivity index (χ1) is 29.2. The molecule has 59 heavy (non-hydrogen) atoms. The monoisotopic (exact) mass is 757 g/mol. The molecule has 11 aromatic rings. The Morgan fingerprint density at radius 2 is 1.07 bits per heavy atom. The van der Waals surface area contributed by atoms with Crippen LogP contribution in [0.15, 0.2) is 197 Å². The molecule has 0 fully saturated rings. The van der Waals surface area contributed by atoms with Crippen LogP contribution in [0.4, 0.5) is 0 Å². The highest BCUT2D eigenvalue weighted by molar-refractivity contribution is 6.16. The lowest BCUT2D eigenvalue weighted by atomic mass is 9.93. The third kappa shape index (κ3) is 6.17. The van der Waals surface area contributed by atoms with E-state index in [1.54, 1.807) is 0 Å². The maximum Gasteiger partial charge on any atom is 0.165 e. The van der Waals surface area contributed by atoms with Crippen LogP contribution in [-0.4, -0.2) is 15.0 Å². The van der Waals surface area contributed by atoms with Crippen molar-refractivity contribution in [2.24, 2.45) is 0 Å². The average Bonchev–Trinajstić information content (AvgIpc) is 3.86. The molecule has 0 aliphatic rings. The van der Waals surface area contributed by atoms with Crippen molar-refractivity contribution in [3.8, 4) is 45.0 Å². The molecule has 0 radical (unpaired) electrons. The summed E-state index contributed by atoms with van der Waals surface area (Å²) in [6.45, 7) is 2.02. The molecule has 0 saturated carbocycles. The topological polar surface area (TPSA) is 65.0 Å². The minimum Gasteiger partial charge on any atom is -0.456 e. The van der Waals surface area contributed by atoms with Gasteiger partial charge < -0.3 is 8.83 Å². The molecule has 11 rings (SSSR count). The Balaban J connectivity index is 1.16. The second-order valence-electron chi connectivity index (χ2n) is 14.7. The molecule has 0 amide bonds. The third-order valence-corrected chi connectivity index (χ3v) is 11.1. The molecule has 3 aromatic heterocycles. The molecule has 3 heterocycles. The van der Waals surface area contributed by atoms with Crippen molar-refractivity contribution in [1.82, 2.24) is 15.0 Å². The van der Waals surface area contributed by atoms with Gasteiger partial charge in [0.15, 0.2) is 17.5 Å². The van der Waals surface area contributed by atoms with Crippen LogP contribution in [0.3, 0.4) is 0 Å². The van der Waals surface area contributed by atoms with Gasteiger partial charge in [-0.1, -0.05) is 152 Å². The van der Waals surface area contributed by atoms with Crippen LogP contribution in [0.2, 0.25) is 0 Å². The van der Waals surface area contributed by atoms with Gasteiger partial charge in [0, 0.05) is 38.2 Å². The average molecular weight is 758 g/mol. The Morgan fingerprint density at radius 3 is 1.88 bits per heavy atom. The number of rotatable bonds is 7. The van der Waals surface area contributed by atoms with Crippen molar-refractivity contribution in [2.45, 2.75) is 6.92 Å². The molecule has 0 N–H and O–H groups in total. The zero-order valence-electron chi connectivity index (χ0n) is 32.1. The summed E-state index contributed by atoms with van der Waals surface area (Å²) >= 11 is 0. The number of benzene rings is 8. The molecule has 5 nitrogen and oxygen atoms in total. The lowest BCUT2D eigenvalue weighted by molar-refractivity contribution is 0.668. The molecule has 0 bridgehead atoms. The number of para-hydroxylation sites is 1. The summed E-state index contributed by atoms with van der Waals surface area (Å²) in [4.78, 5) is 15.8. The quantitative estimate of drug-likeness (QED) is 0.151. The van der Waals surface area contributed by atoms with Crippen molar-refractivity contribution in [3.63, 3.8) is 0 Å². The normalized spacial score (nSPS) is 12.2. The van der Waals surface area contributed by atoms with Crippen molar-refractivity contribution in [3.05, 3.63) is 199 Å². The van der Waals surface area contributed by atoms with E-state index in [2.05, 4.69) is 152 Å². The van der Waals surface area contributed by atoms with Crippen LogP contribution >= 0.6 is 0 Å². The summed E-state index contributed by atoms with van der Waals surface area (Å²) in [6.07, 6.45) is 6.22. The van der Waals surface area contributed by atoms with Gasteiger partial charge in [0.2, 0.25) is 0 Å². The minimum atomic E-state index is 0.555. The highest BCUT2D eigenvalue weighted by Gasteiger charge is 2.23. The van der Waals surface area contributed by atoms with Gasteiger partial charge in [0.05, 0.1) is 0 Å². The molecule has 0 aliphatic heterocycles. The number of nitrogens with zero attached hydrogens (tertiary/aromatic N) is 3. The smallest absolute Gasteiger partial charge is 0.165 e. The summed E-state index contributed by atoms with van der Waals surface area (Å²) in [5.74, 6) is 1.71. The van der Waals surface area contributed by atoms with Gasteiger partial charge in [0.25, 0.3) is 0 Å². The molecule has 0 spiro atoms. The highest BCUT2D eigenvalue weighted by Crippen LogP contribution is 2.44. The third-order valence-electron chi connectivity index (χ3n) is 11.1. The maximum absolute atomic E-state index is 6.51. The van der Waals surface area contributed by atoms with E-state index in [0.29, 0.717) is 17.5 Å². The molecular weight excluding hydrogens is 723 g/mol. The van der Waals surface area contributed by atoms with E-state index in [9.17, 15) is 0 Å². The predicted molar refractivity (Wildman–Crippen MR) is 243 cm³/mol. The zero-order valence-corrected chi connectivity index (χ0v) is 32.1. The lowest BCUT2D eigenvalue weighted by Crippen LogP contribution is -2.03. The second kappa shape index (κ2) is 14.2. The Morgan fingerprint density at radius 1 is 0.458 bits per heavy atom. The molecule has 8 aromatic carbocycles. The van der Waals surface area contributed by atoms with Crippen LogP contribution in [0.5, 0.6) is 0 Å². The van der Waals surface area contributed by atoms with Crippen molar-refractivity contribution >= 4 is 66.3 Å². The number of allylic oxidation sites excluding steroid dienone is 3. The van der Waals surface area contributed by atoms with E-state index in [4.69, 9.17) is 23.8 Å². The van der Waals surface area contributed by atoms with E-state index in [1.165, 1.54) is 5.39 Å². The van der Waals surface area contributed by atoms with E-state index < -0.39 is 0 Å². The predicted octanol–water partition coefficient (Wildman–Crippen LogP) is 14.6. The first-order valence-corrected chi connectivity index (χ1v) is 19.8. The zero-order chi connectivity index (χ0) is 39.3. The maximum atomic E-state index is 6.51. The van der Waals surface area contributed by atoms with Gasteiger partial charge in [-0.05, 0) is 88.0 Å². The highest BCUT2D eigenvalue weighted by atomic mass is 16.3. The number of fused-ring (bicyclic) bond motifs is 7. The lowest BCUT2D eigenvalue weighted by Gasteiger charge is -2.14. The molecular formula is C54H35N3O2. The van der Waals surface area contributed by atoms with Crippen LogP contribution in [0.25, 0.3) is 111 Å². The van der Waals surface area contributed by atoms with E-state index in [1.807, 2.05) is 49.4 Å². The first-order valence-electron chi connectivity index (χ1n) is 19.8. The fourth-order valence-corrected chi connectivity index (χ4v) is 8.16. The van der Waals surface area contributed by atoms with Crippen LogP contribution in [0.1, 0.15) is 18.3 Å². The van der Waals surface area contributed by atoms with Gasteiger partial charge in [-0.2, -0.15) is 0 Å².